The van der Waals surface area contributed by atoms with E-state index in [0.717, 1.165) is 22.7 Å². The molecule has 2 amide bonds. The molecule has 1 fully saturated rings. The molecule has 5 nitrogen and oxygen atoms in total. The lowest BCUT2D eigenvalue weighted by atomic mass is 10.1. The van der Waals surface area contributed by atoms with E-state index in [1.807, 2.05) is 55.5 Å². The Labute approximate surface area is 151 Å². The Morgan fingerprint density at radius 3 is 2.72 bits per heavy atom. The van der Waals surface area contributed by atoms with Crippen LogP contribution in [0.1, 0.15) is 24.8 Å². The second-order valence-corrected chi connectivity index (χ2v) is 6.73. The minimum absolute atomic E-state index is 0.0732. The largest absolute Gasteiger partial charge is 0.494 e. The zero-order chi connectivity index (χ0) is 17.8. The van der Waals surface area contributed by atoms with Gasteiger partial charge in [-0.2, -0.15) is 0 Å². The van der Waals surface area contributed by atoms with Gasteiger partial charge in [0.1, 0.15) is 11.1 Å². The molecular formula is C19H20N2O3S. The van der Waals surface area contributed by atoms with Crippen LogP contribution in [-0.4, -0.2) is 24.2 Å². The standard InChI is InChI=1S/C19H20N2O3S/c1-3-24-17-9-7-16(8-10-17)21-18(23)12-25-19(21)14-5-4-6-15(11-14)20-13(2)22/h4-11,19H,3,12H2,1-2H3,(H,20,22)/t19-/m0/s1. The summed E-state index contributed by atoms with van der Waals surface area (Å²) >= 11 is 1.58. The molecule has 1 aliphatic rings. The second-order valence-electron chi connectivity index (χ2n) is 5.66. The fraction of sp³-hybridized carbons (Fsp3) is 0.263. The number of ether oxygens (including phenoxy) is 1. The SMILES string of the molecule is CCOc1ccc(N2C(=O)CS[C@H]2c2cccc(NC(C)=O)c2)cc1. The van der Waals surface area contributed by atoms with Gasteiger partial charge in [0.2, 0.25) is 11.8 Å². The van der Waals surface area contributed by atoms with Crippen molar-refractivity contribution in [3.63, 3.8) is 0 Å². The molecule has 0 spiro atoms. The zero-order valence-corrected chi connectivity index (χ0v) is 15.0. The maximum absolute atomic E-state index is 12.4. The van der Waals surface area contributed by atoms with Crippen molar-refractivity contribution in [2.45, 2.75) is 19.2 Å². The predicted octanol–water partition coefficient (Wildman–Crippen LogP) is 3.82. The minimum Gasteiger partial charge on any atom is -0.494 e. The smallest absolute Gasteiger partial charge is 0.238 e. The van der Waals surface area contributed by atoms with Gasteiger partial charge in [-0.3, -0.25) is 14.5 Å². The van der Waals surface area contributed by atoms with Gasteiger partial charge in [-0.25, -0.2) is 0 Å². The van der Waals surface area contributed by atoms with Gasteiger partial charge in [-0.05, 0) is 48.9 Å². The third-order valence-corrected chi connectivity index (χ3v) is 5.00. The summed E-state index contributed by atoms with van der Waals surface area (Å²) in [6.07, 6.45) is 0. The second kappa shape index (κ2) is 7.61. The fourth-order valence-corrected chi connectivity index (χ4v) is 3.96. The molecule has 1 N–H and O–H groups in total. The summed E-state index contributed by atoms with van der Waals surface area (Å²) < 4.78 is 5.47. The fourth-order valence-electron chi connectivity index (χ4n) is 2.79. The number of carbonyl (C=O) groups is 2. The molecule has 0 radical (unpaired) electrons. The molecule has 0 saturated carbocycles. The molecular weight excluding hydrogens is 336 g/mol. The van der Waals surface area contributed by atoms with Crippen molar-refractivity contribution in [3.8, 4) is 5.75 Å². The van der Waals surface area contributed by atoms with Crippen LogP contribution in [0.5, 0.6) is 5.75 Å². The lowest BCUT2D eigenvalue weighted by Crippen LogP contribution is -2.27. The van der Waals surface area contributed by atoms with Gasteiger partial charge in [0.05, 0.1) is 12.4 Å². The van der Waals surface area contributed by atoms with E-state index in [1.54, 1.807) is 16.7 Å². The van der Waals surface area contributed by atoms with Crippen molar-refractivity contribution in [1.82, 2.24) is 0 Å². The normalized spacial score (nSPS) is 16.8. The van der Waals surface area contributed by atoms with E-state index in [0.29, 0.717) is 12.4 Å². The Morgan fingerprint density at radius 1 is 1.28 bits per heavy atom. The zero-order valence-electron chi connectivity index (χ0n) is 14.2. The Balaban J connectivity index is 1.88. The van der Waals surface area contributed by atoms with Crippen molar-refractivity contribution < 1.29 is 14.3 Å². The minimum atomic E-state index is -0.115. The number of hydrogen-bond donors (Lipinski definition) is 1. The maximum atomic E-state index is 12.4. The van der Waals surface area contributed by atoms with E-state index in [9.17, 15) is 9.59 Å². The Hall–Kier alpha value is -2.47. The van der Waals surface area contributed by atoms with Crippen LogP contribution < -0.4 is 15.0 Å². The summed E-state index contributed by atoms with van der Waals surface area (Å²) in [5.41, 5.74) is 2.56. The summed E-state index contributed by atoms with van der Waals surface area (Å²) in [6, 6.07) is 15.2. The highest BCUT2D eigenvalue weighted by molar-refractivity contribution is 8.00. The highest BCUT2D eigenvalue weighted by atomic mass is 32.2. The van der Waals surface area contributed by atoms with Gasteiger partial charge in [0.15, 0.2) is 0 Å². The summed E-state index contributed by atoms with van der Waals surface area (Å²) in [5, 5.41) is 2.68. The number of benzene rings is 2. The topological polar surface area (TPSA) is 58.6 Å². The Bertz CT molecular complexity index is 776. The number of nitrogens with one attached hydrogen (secondary N) is 1. The van der Waals surface area contributed by atoms with Gasteiger partial charge in [0, 0.05) is 18.3 Å². The number of carbonyl (C=O) groups excluding carboxylic acids is 2. The number of anilines is 2. The first-order valence-corrected chi connectivity index (χ1v) is 9.17. The first-order chi connectivity index (χ1) is 12.1. The van der Waals surface area contributed by atoms with Gasteiger partial charge in [0.25, 0.3) is 0 Å². The lowest BCUT2D eigenvalue weighted by Gasteiger charge is -2.25. The van der Waals surface area contributed by atoms with E-state index >= 15 is 0 Å². The highest BCUT2D eigenvalue weighted by Gasteiger charge is 2.34. The molecule has 130 valence electrons. The molecule has 1 atom stereocenters. The maximum Gasteiger partial charge on any atom is 0.238 e. The van der Waals surface area contributed by atoms with Crippen LogP contribution >= 0.6 is 11.8 Å². The van der Waals surface area contributed by atoms with Crippen molar-refractivity contribution in [3.05, 3.63) is 54.1 Å². The Morgan fingerprint density at radius 2 is 2.04 bits per heavy atom. The van der Waals surface area contributed by atoms with Crippen molar-refractivity contribution in [1.29, 1.82) is 0 Å². The van der Waals surface area contributed by atoms with Crippen LogP contribution in [0.15, 0.2) is 48.5 Å². The predicted molar refractivity (Wildman–Crippen MR) is 101 cm³/mol. The molecule has 6 heteroatoms. The third-order valence-electron chi connectivity index (χ3n) is 3.79. The molecule has 2 aromatic carbocycles. The molecule has 0 aliphatic carbocycles. The summed E-state index contributed by atoms with van der Waals surface area (Å²) in [4.78, 5) is 25.5. The molecule has 0 unspecified atom stereocenters. The molecule has 1 heterocycles. The number of hydrogen-bond acceptors (Lipinski definition) is 4. The van der Waals surface area contributed by atoms with Gasteiger partial charge in [-0.1, -0.05) is 12.1 Å². The number of rotatable bonds is 5. The first kappa shape index (κ1) is 17.4. The van der Waals surface area contributed by atoms with Crippen LogP contribution in [-0.2, 0) is 9.59 Å². The number of thioether (sulfide) groups is 1. The van der Waals surface area contributed by atoms with Crippen molar-refractivity contribution in [2.24, 2.45) is 0 Å². The summed E-state index contributed by atoms with van der Waals surface area (Å²) in [7, 11) is 0. The van der Waals surface area contributed by atoms with Gasteiger partial charge >= 0.3 is 0 Å². The van der Waals surface area contributed by atoms with E-state index in [2.05, 4.69) is 5.32 Å². The molecule has 0 bridgehead atoms. The average molecular weight is 356 g/mol. The molecule has 2 aromatic rings. The van der Waals surface area contributed by atoms with Gasteiger partial charge in [-0.15, -0.1) is 11.8 Å². The molecule has 1 saturated heterocycles. The summed E-state index contributed by atoms with van der Waals surface area (Å²) in [5.74, 6) is 1.18. The first-order valence-electron chi connectivity index (χ1n) is 8.12. The van der Waals surface area contributed by atoms with E-state index in [-0.39, 0.29) is 17.2 Å². The average Bonchev–Trinajstić information content (AvgIpc) is 2.97. The molecule has 3 rings (SSSR count). The third kappa shape index (κ3) is 3.96. The monoisotopic (exact) mass is 356 g/mol. The van der Waals surface area contributed by atoms with Crippen LogP contribution in [0.25, 0.3) is 0 Å². The number of nitrogens with zero attached hydrogens (tertiary/aromatic N) is 1. The highest BCUT2D eigenvalue weighted by Crippen LogP contribution is 2.42. The van der Waals surface area contributed by atoms with Crippen molar-refractivity contribution >= 4 is 35.0 Å². The van der Waals surface area contributed by atoms with E-state index in [4.69, 9.17) is 4.74 Å². The molecule has 25 heavy (non-hydrogen) atoms. The summed E-state index contributed by atoms with van der Waals surface area (Å²) in [6.45, 7) is 4.02. The van der Waals surface area contributed by atoms with Crippen LogP contribution in [0.2, 0.25) is 0 Å². The van der Waals surface area contributed by atoms with Crippen LogP contribution in [0, 0.1) is 0 Å². The van der Waals surface area contributed by atoms with Crippen LogP contribution in [0.3, 0.4) is 0 Å². The van der Waals surface area contributed by atoms with E-state index in [1.165, 1.54) is 6.92 Å². The van der Waals surface area contributed by atoms with Gasteiger partial charge < -0.3 is 10.1 Å². The number of amides is 2. The lowest BCUT2D eigenvalue weighted by molar-refractivity contribution is -0.116. The van der Waals surface area contributed by atoms with E-state index < -0.39 is 0 Å². The Kier molecular flexibility index (Phi) is 5.28. The van der Waals surface area contributed by atoms with Crippen molar-refractivity contribution in [2.75, 3.05) is 22.6 Å². The molecule has 0 aromatic heterocycles. The quantitative estimate of drug-likeness (QED) is 0.885. The van der Waals surface area contributed by atoms with Crippen LogP contribution in [0.4, 0.5) is 11.4 Å². The molecule has 1 aliphatic heterocycles.